The fraction of sp³-hybridized carbons (Fsp3) is 0.0385. The Bertz CT molecular complexity index is 1620. The molecule has 0 saturated carbocycles. The van der Waals surface area contributed by atoms with Crippen LogP contribution in [-0.4, -0.2) is 37.0 Å². The molecule has 2 aromatic heterocycles. The van der Waals surface area contributed by atoms with Crippen molar-refractivity contribution < 1.29 is 14.8 Å². The summed E-state index contributed by atoms with van der Waals surface area (Å²) in [4.78, 5) is 40.2. The molecule has 5 N–H and O–H groups in total. The number of anilines is 2. The molecule has 12 heteroatoms. The highest BCUT2D eigenvalue weighted by atomic mass is 35.5. The fourth-order valence-corrected chi connectivity index (χ4v) is 4.19. The molecule has 0 fully saturated rings. The van der Waals surface area contributed by atoms with Gasteiger partial charge in [0, 0.05) is 30.2 Å². The third kappa shape index (κ3) is 5.42. The molecule has 0 radical (unpaired) electrons. The minimum Gasteiger partial charge on any atom is -0.350 e. The highest BCUT2D eigenvalue weighted by Gasteiger charge is 2.15. The van der Waals surface area contributed by atoms with Crippen LogP contribution in [-0.2, 0) is 6.54 Å². The average Bonchev–Trinajstić information content (AvgIpc) is 3.37. The number of hydroxylamine groups is 1. The van der Waals surface area contributed by atoms with Crippen molar-refractivity contribution in [2.45, 2.75) is 6.54 Å². The number of halogens is 2. The van der Waals surface area contributed by atoms with E-state index in [0.29, 0.717) is 34.2 Å². The van der Waals surface area contributed by atoms with Crippen LogP contribution in [0.3, 0.4) is 0 Å². The number of aromatic amines is 1. The summed E-state index contributed by atoms with van der Waals surface area (Å²) in [5, 5.41) is 15.3. The second kappa shape index (κ2) is 10.9. The monoisotopic (exact) mass is 547 g/mol. The lowest BCUT2D eigenvalue weighted by Gasteiger charge is -2.11. The smallest absolute Gasteiger partial charge is 0.277 e. The summed E-state index contributed by atoms with van der Waals surface area (Å²) in [6.45, 7) is 0.325. The first-order chi connectivity index (χ1) is 18.4. The largest absolute Gasteiger partial charge is 0.350 e. The van der Waals surface area contributed by atoms with Gasteiger partial charge in [-0.15, -0.1) is 0 Å². The summed E-state index contributed by atoms with van der Waals surface area (Å²) in [7, 11) is 0. The summed E-state index contributed by atoms with van der Waals surface area (Å²) in [5.41, 5.74) is 5.59. The molecule has 0 aliphatic carbocycles. The highest BCUT2D eigenvalue weighted by molar-refractivity contribution is 6.35. The number of imidazole rings is 1. The van der Waals surface area contributed by atoms with Crippen molar-refractivity contribution in [2.75, 3.05) is 10.6 Å². The Kier molecular flexibility index (Phi) is 7.18. The Hall–Kier alpha value is -4.51. The van der Waals surface area contributed by atoms with Gasteiger partial charge >= 0.3 is 0 Å². The van der Waals surface area contributed by atoms with Gasteiger partial charge in [0.15, 0.2) is 0 Å². The van der Waals surface area contributed by atoms with Crippen LogP contribution in [0.5, 0.6) is 0 Å². The molecule has 0 aliphatic heterocycles. The first-order valence-electron chi connectivity index (χ1n) is 11.3. The molecule has 0 bridgehead atoms. The van der Waals surface area contributed by atoms with Crippen molar-refractivity contribution in [2.24, 2.45) is 0 Å². The van der Waals surface area contributed by atoms with Gasteiger partial charge in [-0.25, -0.2) is 20.4 Å². The number of hydrogen-bond donors (Lipinski definition) is 5. The second-order valence-corrected chi connectivity index (χ2v) is 8.97. The predicted molar refractivity (Wildman–Crippen MR) is 145 cm³/mol. The maximum atomic E-state index is 13.0. The summed E-state index contributed by atoms with van der Waals surface area (Å²) in [6.07, 6.45) is 2.55. The number of carbonyl (C=O) groups is 2. The van der Waals surface area contributed by atoms with Crippen LogP contribution >= 0.6 is 23.2 Å². The van der Waals surface area contributed by atoms with Crippen LogP contribution in [0, 0.1) is 0 Å². The number of H-pyrrole nitrogens is 1. The third-order valence-corrected chi connectivity index (χ3v) is 6.26. The van der Waals surface area contributed by atoms with E-state index in [9.17, 15) is 9.59 Å². The lowest BCUT2D eigenvalue weighted by atomic mass is 10.1. The van der Waals surface area contributed by atoms with E-state index in [-0.39, 0.29) is 22.4 Å². The Labute approximate surface area is 226 Å². The molecule has 5 aromatic rings. The first-order valence-corrected chi connectivity index (χ1v) is 12.0. The molecule has 2 heterocycles. The zero-order valence-electron chi connectivity index (χ0n) is 19.5. The van der Waals surface area contributed by atoms with Crippen LogP contribution in [0.4, 0.5) is 11.6 Å². The number of fused-ring (bicyclic) bond motifs is 1. The molecule has 0 atom stereocenters. The molecule has 0 aliphatic rings. The number of carbonyl (C=O) groups excluding carboxylic acids is 2. The maximum Gasteiger partial charge on any atom is 0.277 e. The number of para-hydroxylation sites is 2. The molecule has 38 heavy (non-hydrogen) atoms. The Morgan fingerprint density at radius 2 is 1.71 bits per heavy atom. The number of nitrogens with zero attached hydrogens (tertiary/aromatic N) is 3. The quantitative estimate of drug-likeness (QED) is 0.137. The van der Waals surface area contributed by atoms with Gasteiger partial charge in [0.1, 0.15) is 5.82 Å². The van der Waals surface area contributed by atoms with Crippen LogP contribution < -0.4 is 16.1 Å². The van der Waals surface area contributed by atoms with Crippen molar-refractivity contribution in [3.05, 3.63) is 99.8 Å². The van der Waals surface area contributed by atoms with Gasteiger partial charge in [0.05, 0.1) is 32.2 Å². The fourth-order valence-electron chi connectivity index (χ4n) is 3.70. The topological polar surface area (TPSA) is 145 Å². The van der Waals surface area contributed by atoms with Gasteiger partial charge in [0.25, 0.3) is 11.8 Å². The van der Waals surface area contributed by atoms with E-state index in [1.54, 1.807) is 36.4 Å². The molecule has 0 unspecified atom stereocenters. The first kappa shape index (κ1) is 25.2. The summed E-state index contributed by atoms with van der Waals surface area (Å²) >= 11 is 12.8. The van der Waals surface area contributed by atoms with Gasteiger partial charge < -0.3 is 15.6 Å². The highest BCUT2D eigenvalue weighted by Crippen LogP contribution is 2.31. The van der Waals surface area contributed by atoms with Crippen molar-refractivity contribution >= 4 is 57.7 Å². The Balaban J connectivity index is 1.27. The van der Waals surface area contributed by atoms with E-state index < -0.39 is 5.91 Å². The standard InChI is InChI=1S/C26H19Cl2N7O3/c27-19-8-6-16(10-18(19)23-33-21-3-1-2-4-22(21)34-23)32-25(37)17-7-5-14(9-20(17)28)11-29-26-30-12-15(13-31-26)24(36)35-38/h1-10,12-13,38H,11H2,(H,32,37)(H,33,34)(H,35,36)(H,29,30,31). The summed E-state index contributed by atoms with van der Waals surface area (Å²) in [6, 6.07) is 17.8. The van der Waals surface area contributed by atoms with E-state index in [1.807, 2.05) is 24.3 Å². The molecular formula is C26H19Cl2N7O3. The SMILES string of the molecule is O=C(NO)c1cnc(NCc2ccc(C(=O)Nc3ccc(Cl)c(-c4nc5ccccc5[nH]4)c3)c(Cl)c2)nc1. The van der Waals surface area contributed by atoms with Crippen molar-refractivity contribution in [3.63, 3.8) is 0 Å². The lowest BCUT2D eigenvalue weighted by Crippen LogP contribution is -2.19. The van der Waals surface area contributed by atoms with Gasteiger partial charge in [-0.05, 0) is 48.0 Å². The number of hydrogen-bond acceptors (Lipinski definition) is 7. The van der Waals surface area contributed by atoms with Gasteiger partial charge in [-0.3, -0.25) is 14.8 Å². The molecule has 2 amide bonds. The molecule has 5 rings (SSSR count). The number of nitrogens with one attached hydrogen (secondary N) is 4. The van der Waals surface area contributed by atoms with Crippen molar-refractivity contribution in [3.8, 4) is 11.4 Å². The van der Waals surface area contributed by atoms with Gasteiger partial charge in [-0.2, -0.15) is 0 Å². The lowest BCUT2D eigenvalue weighted by molar-refractivity contribution is 0.0705. The van der Waals surface area contributed by atoms with E-state index in [4.69, 9.17) is 28.4 Å². The Morgan fingerprint density at radius 3 is 2.45 bits per heavy atom. The molecule has 0 saturated heterocycles. The average molecular weight is 548 g/mol. The van der Waals surface area contributed by atoms with Crippen LogP contribution in [0.15, 0.2) is 73.1 Å². The minimum atomic E-state index is -0.707. The molecule has 190 valence electrons. The minimum absolute atomic E-state index is 0.113. The van der Waals surface area contributed by atoms with Crippen molar-refractivity contribution in [1.82, 2.24) is 25.4 Å². The number of rotatable bonds is 7. The van der Waals surface area contributed by atoms with Gasteiger partial charge in [-0.1, -0.05) is 41.4 Å². The van der Waals surface area contributed by atoms with Gasteiger partial charge in [0.2, 0.25) is 5.95 Å². The summed E-state index contributed by atoms with van der Waals surface area (Å²) < 4.78 is 0. The Morgan fingerprint density at radius 1 is 0.921 bits per heavy atom. The van der Waals surface area contributed by atoms with E-state index >= 15 is 0 Å². The third-order valence-electron chi connectivity index (χ3n) is 5.61. The molecule has 3 aromatic carbocycles. The van der Waals surface area contributed by atoms with Crippen LogP contribution in [0.1, 0.15) is 26.3 Å². The zero-order chi connectivity index (χ0) is 26.6. The predicted octanol–water partition coefficient (Wildman–Crippen LogP) is 5.31. The number of amides is 2. The second-order valence-electron chi connectivity index (χ2n) is 8.16. The van der Waals surface area contributed by atoms with E-state index in [1.165, 1.54) is 17.9 Å². The summed E-state index contributed by atoms with van der Waals surface area (Å²) in [5.74, 6) is -0.215. The molecule has 10 nitrogen and oxygen atoms in total. The molecular weight excluding hydrogens is 529 g/mol. The number of aromatic nitrogens is 4. The maximum absolute atomic E-state index is 13.0. The number of benzene rings is 3. The molecule has 0 spiro atoms. The van der Waals surface area contributed by atoms with Crippen molar-refractivity contribution in [1.29, 1.82) is 0 Å². The van der Waals surface area contributed by atoms with Crippen LogP contribution in [0.25, 0.3) is 22.4 Å². The van der Waals surface area contributed by atoms with E-state index in [0.717, 1.165) is 16.6 Å². The zero-order valence-corrected chi connectivity index (χ0v) is 21.0. The van der Waals surface area contributed by atoms with E-state index in [2.05, 4.69) is 30.6 Å². The normalized spacial score (nSPS) is 10.8. The van der Waals surface area contributed by atoms with Crippen LogP contribution in [0.2, 0.25) is 10.0 Å².